The minimum absolute atomic E-state index is 0.0714. The highest BCUT2D eigenvalue weighted by Gasteiger charge is 2.24. The molecule has 0 N–H and O–H groups in total. The number of rotatable bonds is 7. The Morgan fingerprint density at radius 3 is 2.59 bits per heavy atom. The monoisotopic (exact) mass is 451 g/mol. The highest BCUT2D eigenvalue weighted by atomic mass is 32.2. The molecule has 3 heterocycles. The molecule has 1 amide bonds. The van der Waals surface area contributed by atoms with E-state index >= 15 is 0 Å². The smallest absolute Gasteiger partial charge is 0.233 e. The first-order chi connectivity index (χ1) is 15.6. The van der Waals surface area contributed by atoms with Crippen molar-refractivity contribution in [2.24, 2.45) is 0 Å². The first-order valence-corrected chi connectivity index (χ1v) is 12.1. The molecule has 1 fully saturated rings. The van der Waals surface area contributed by atoms with E-state index in [2.05, 4.69) is 51.8 Å². The normalized spacial score (nSPS) is 16.3. The van der Waals surface area contributed by atoms with E-state index in [1.54, 1.807) is 12.4 Å². The van der Waals surface area contributed by atoms with Crippen LogP contribution in [0.3, 0.4) is 0 Å². The number of morpholine rings is 1. The summed E-state index contributed by atoms with van der Waals surface area (Å²) in [4.78, 5) is 19.0. The lowest BCUT2D eigenvalue weighted by Gasteiger charge is -2.31. The van der Waals surface area contributed by atoms with Gasteiger partial charge < -0.3 is 9.64 Å². The van der Waals surface area contributed by atoms with Crippen LogP contribution in [0.2, 0.25) is 0 Å². The van der Waals surface area contributed by atoms with E-state index in [4.69, 9.17) is 4.74 Å². The Morgan fingerprint density at radius 2 is 1.94 bits per heavy atom. The fourth-order valence-electron chi connectivity index (χ4n) is 4.01. The van der Waals surface area contributed by atoms with Gasteiger partial charge in [0.25, 0.3) is 0 Å². The topological polar surface area (TPSA) is 73.1 Å². The summed E-state index contributed by atoms with van der Waals surface area (Å²) in [7, 11) is 0. The molecule has 1 unspecified atom stereocenters. The van der Waals surface area contributed by atoms with Gasteiger partial charge in [-0.3, -0.25) is 14.3 Å². The van der Waals surface area contributed by atoms with Crippen LogP contribution < -0.4 is 0 Å². The summed E-state index contributed by atoms with van der Waals surface area (Å²) in [6.45, 7) is 8.16. The number of carbonyl (C=O) groups is 1. The Labute approximate surface area is 193 Å². The fraction of sp³-hybridized carbons (Fsp3) is 0.417. The van der Waals surface area contributed by atoms with E-state index in [1.807, 2.05) is 24.0 Å². The fourth-order valence-corrected chi connectivity index (χ4v) is 4.85. The number of nitrogens with zero attached hydrogens (tertiary/aromatic N) is 5. The van der Waals surface area contributed by atoms with E-state index in [0.717, 1.165) is 29.9 Å². The number of aromatic nitrogens is 4. The van der Waals surface area contributed by atoms with Gasteiger partial charge in [0.1, 0.15) is 0 Å². The number of aryl methyl sites for hydroxylation is 2. The van der Waals surface area contributed by atoms with Gasteiger partial charge in [0, 0.05) is 31.0 Å². The standard InChI is InChI=1S/C24H29N5O2S/c1-4-18-8-6-9-19(5-2)22(18)29-23(20-10-7-11-25-14-20)26-27-24(29)32-16-21(30)28-12-13-31-17(3)15-28/h6-11,14,17H,4-5,12-13,15-16H2,1-3H3. The molecule has 1 saturated heterocycles. The van der Waals surface area contributed by atoms with Gasteiger partial charge in [-0.25, -0.2) is 0 Å². The first kappa shape index (κ1) is 22.5. The highest BCUT2D eigenvalue weighted by molar-refractivity contribution is 7.99. The Hall–Kier alpha value is -2.71. The molecular formula is C24H29N5O2S. The van der Waals surface area contributed by atoms with Crippen LogP contribution in [0, 0.1) is 0 Å². The van der Waals surface area contributed by atoms with Crippen LogP contribution in [0.1, 0.15) is 31.9 Å². The van der Waals surface area contributed by atoms with Crippen molar-refractivity contribution in [1.29, 1.82) is 0 Å². The summed E-state index contributed by atoms with van der Waals surface area (Å²) >= 11 is 1.44. The lowest BCUT2D eigenvalue weighted by molar-refractivity contribution is -0.135. The molecule has 1 atom stereocenters. The largest absolute Gasteiger partial charge is 0.375 e. The van der Waals surface area contributed by atoms with E-state index in [-0.39, 0.29) is 12.0 Å². The van der Waals surface area contributed by atoms with Crippen molar-refractivity contribution in [3.05, 3.63) is 53.9 Å². The zero-order valence-corrected chi connectivity index (χ0v) is 19.6. The summed E-state index contributed by atoms with van der Waals surface area (Å²) in [5, 5.41) is 9.74. The molecule has 3 aromatic rings. The van der Waals surface area contributed by atoms with Crippen molar-refractivity contribution in [3.8, 4) is 17.1 Å². The molecule has 1 aliphatic heterocycles. The third kappa shape index (κ3) is 4.71. The Bertz CT molecular complexity index is 1050. The first-order valence-electron chi connectivity index (χ1n) is 11.1. The second-order valence-electron chi connectivity index (χ2n) is 7.83. The van der Waals surface area contributed by atoms with Gasteiger partial charge in [0.2, 0.25) is 5.91 Å². The van der Waals surface area contributed by atoms with Gasteiger partial charge in [-0.1, -0.05) is 43.8 Å². The number of hydrogen-bond acceptors (Lipinski definition) is 6. The number of para-hydroxylation sites is 1. The number of carbonyl (C=O) groups excluding carboxylic acids is 1. The van der Waals surface area contributed by atoms with Crippen LogP contribution in [-0.2, 0) is 22.4 Å². The molecule has 1 aromatic carbocycles. The van der Waals surface area contributed by atoms with Crippen molar-refractivity contribution in [3.63, 3.8) is 0 Å². The van der Waals surface area contributed by atoms with Crippen LogP contribution in [0.4, 0.5) is 0 Å². The van der Waals surface area contributed by atoms with Crippen molar-refractivity contribution in [2.45, 2.75) is 44.9 Å². The maximum atomic E-state index is 12.9. The Kier molecular flexibility index (Phi) is 7.22. The van der Waals surface area contributed by atoms with Gasteiger partial charge in [0.05, 0.1) is 24.2 Å². The van der Waals surface area contributed by atoms with Gasteiger partial charge in [0.15, 0.2) is 11.0 Å². The predicted molar refractivity (Wildman–Crippen MR) is 126 cm³/mol. The minimum Gasteiger partial charge on any atom is -0.375 e. The third-order valence-corrected chi connectivity index (χ3v) is 6.57. The van der Waals surface area contributed by atoms with Crippen LogP contribution in [0.15, 0.2) is 47.9 Å². The van der Waals surface area contributed by atoms with Crippen molar-refractivity contribution in [1.82, 2.24) is 24.6 Å². The quantitative estimate of drug-likeness (QED) is 0.509. The van der Waals surface area contributed by atoms with Gasteiger partial charge in [-0.05, 0) is 43.0 Å². The molecule has 0 saturated carbocycles. The van der Waals surface area contributed by atoms with Crippen molar-refractivity contribution < 1.29 is 9.53 Å². The molecule has 0 radical (unpaired) electrons. The summed E-state index contributed by atoms with van der Waals surface area (Å²) in [6, 6.07) is 10.3. The molecule has 0 aliphatic carbocycles. The lowest BCUT2D eigenvalue weighted by Crippen LogP contribution is -2.45. The molecule has 0 spiro atoms. The maximum Gasteiger partial charge on any atom is 0.233 e. The van der Waals surface area contributed by atoms with Crippen LogP contribution in [0.5, 0.6) is 0 Å². The molecule has 7 nitrogen and oxygen atoms in total. The Morgan fingerprint density at radius 1 is 1.16 bits per heavy atom. The second-order valence-corrected chi connectivity index (χ2v) is 8.77. The summed E-state index contributed by atoms with van der Waals surface area (Å²) in [6.07, 6.45) is 5.40. The van der Waals surface area contributed by atoms with Crippen molar-refractivity contribution >= 4 is 17.7 Å². The second kappa shape index (κ2) is 10.3. The van der Waals surface area contributed by atoms with E-state index < -0.39 is 0 Å². The average Bonchev–Trinajstić information content (AvgIpc) is 3.25. The zero-order valence-electron chi connectivity index (χ0n) is 18.8. The van der Waals surface area contributed by atoms with E-state index in [9.17, 15) is 4.79 Å². The van der Waals surface area contributed by atoms with Crippen LogP contribution in [-0.4, -0.2) is 62.1 Å². The third-order valence-electron chi connectivity index (χ3n) is 5.66. The number of thioether (sulfide) groups is 1. The zero-order chi connectivity index (χ0) is 22.5. The molecule has 0 bridgehead atoms. The van der Waals surface area contributed by atoms with Gasteiger partial charge >= 0.3 is 0 Å². The summed E-state index contributed by atoms with van der Waals surface area (Å²) in [5.74, 6) is 1.15. The number of hydrogen-bond donors (Lipinski definition) is 0. The van der Waals surface area contributed by atoms with Gasteiger partial charge in [-0.15, -0.1) is 10.2 Å². The predicted octanol–water partition coefficient (Wildman–Crippen LogP) is 3.79. The number of amides is 1. The van der Waals surface area contributed by atoms with Crippen LogP contribution in [0.25, 0.3) is 17.1 Å². The molecule has 1 aliphatic rings. The molecule has 32 heavy (non-hydrogen) atoms. The molecular weight excluding hydrogens is 422 g/mol. The lowest BCUT2D eigenvalue weighted by atomic mass is 10.0. The number of pyridine rings is 1. The highest BCUT2D eigenvalue weighted by Crippen LogP contribution is 2.32. The summed E-state index contributed by atoms with van der Waals surface area (Å²) < 4.78 is 7.67. The minimum atomic E-state index is 0.0714. The number of benzene rings is 1. The molecule has 8 heteroatoms. The summed E-state index contributed by atoms with van der Waals surface area (Å²) in [5.41, 5.74) is 4.46. The number of ether oxygens (including phenoxy) is 1. The van der Waals surface area contributed by atoms with Gasteiger partial charge in [-0.2, -0.15) is 0 Å². The van der Waals surface area contributed by atoms with E-state index in [1.165, 1.54) is 22.9 Å². The van der Waals surface area contributed by atoms with E-state index in [0.29, 0.717) is 30.6 Å². The van der Waals surface area contributed by atoms with Crippen molar-refractivity contribution in [2.75, 3.05) is 25.4 Å². The maximum absolute atomic E-state index is 12.9. The molecule has 4 rings (SSSR count). The SMILES string of the molecule is CCc1cccc(CC)c1-n1c(SCC(=O)N2CCOC(C)C2)nnc1-c1cccnc1. The molecule has 2 aromatic heterocycles. The molecule has 168 valence electrons. The Balaban J connectivity index is 1.72. The van der Waals surface area contributed by atoms with Crippen LogP contribution >= 0.6 is 11.8 Å². The average molecular weight is 452 g/mol.